The second-order valence-electron chi connectivity index (χ2n) is 4.10. The Balaban J connectivity index is 0.00000144. The SMILES string of the molecule is C[C@@H]1CN(S(=O)(=O)c2cn(C)cn2)CCN1.Cl. The van der Waals surface area contributed by atoms with E-state index in [-0.39, 0.29) is 23.5 Å². The molecule has 1 aliphatic heterocycles. The van der Waals surface area contributed by atoms with E-state index in [1.165, 1.54) is 16.8 Å². The fourth-order valence-electron chi connectivity index (χ4n) is 1.77. The number of halogens is 1. The zero-order valence-corrected chi connectivity index (χ0v) is 11.5. The number of rotatable bonds is 2. The van der Waals surface area contributed by atoms with Crippen molar-refractivity contribution in [2.75, 3.05) is 19.6 Å². The number of aromatic nitrogens is 2. The number of aryl methyl sites for hydroxylation is 1. The molecule has 0 saturated carbocycles. The van der Waals surface area contributed by atoms with Gasteiger partial charge in [0, 0.05) is 38.9 Å². The minimum atomic E-state index is -3.41. The summed E-state index contributed by atoms with van der Waals surface area (Å²) in [4.78, 5) is 3.90. The van der Waals surface area contributed by atoms with E-state index in [0.29, 0.717) is 19.6 Å². The molecule has 2 heterocycles. The molecule has 6 nitrogen and oxygen atoms in total. The Morgan fingerprint density at radius 3 is 2.76 bits per heavy atom. The predicted molar refractivity (Wildman–Crippen MR) is 66.7 cm³/mol. The fourth-order valence-corrected chi connectivity index (χ4v) is 3.27. The summed E-state index contributed by atoms with van der Waals surface area (Å²) in [7, 11) is -1.66. The largest absolute Gasteiger partial charge is 0.339 e. The van der Waals surface area contributed by atoms with Crippen molar-refractivity contribution in [1.82, 2.24) is 19.2 Å². The van der Waals surface area contributed by atoms with Gasteiger partial charge in [-0.1, -0.05) is 0 Å². The number of nitrogens with zero attached hydrogens (tertiary/aromatic N) is 3. The lowest BCUT2D eigenvalue weighted by Gasteiger charge is -2.30. The maximum absolute atomic E-state index is 12.2. The highest BCUT2D eigenvalue weighted by Gasteiger charge is 2.29. The quantitative estimate of drug-likeness (QED) is 0.816. The van der Waals surface area contributed by atoms with Gasteiger partial charge >= 0.3 is 0 Å². The molecule has 1 aliphatic rings. The zero-order chi connectivity index (χ0) is 11.8. The molecule has 1 fully saturated rings. The van der Waals surface area contributed by atoms with E-state index in [1.807, 2.05) is 6.92 Å². The molecule has 0 unspecified atom stereocenters. The second kappa shape index (κ2) is 5.34. The Labute approximate surface area is 107 Å². The van der Waals surface area contributed by atoms with Crippen molar-refractivity contribution >= 4 is 22.4 Å². The van der Waals surface area contributed by atoms with Crippen molar-refractivity contribution in [3.05, 3.63) is 12.5 Å². The lowest BCUT2D eigenvalue weighted by atomic mass is 10.3. The topological polar surface area (TPSA) is 67.2 Å². The maximum atomic E-state index is 12.2. The first kappa shape index (κ1) is 14.4. The molecule has 0 radical (unpaired) electrons. The van der Waals surface area contributed by atoms with Gasteiger partial charge in [0.25, 0.3) is 10.0 Å². The van der Waals surface area contributed by atoms with Crippen LogP contribution in [-0.2, 0) is 17.1 Å². The van der Waals surface area contributed by atoms with Gasteiger partial charge in [-0.15, -0.1) is 12.4 Å². The number of hydrogen-bond donors (Lipinski definition) is 1. The summed E-state index contributed by atoms with van der Waals surface area (Å²) in [6, 6.07) is 0.187. The fraction of sp³-hybridized carbons (Fsp3) is 0.667. The van der Waals surface area contributed by atoms with E-state index in [9.17, 15) is 8.42 Å². The van der Waals surface area contributed by atoms with Crippen LogP contribution in [0.5, 0.6) is 0 Å². The van der Waals surface area contributed by atoms with Crippen LogP contribution in [0.1, 0.15) is 6.92 Å². The Morgan fingerprint density at radius 2 is 2.24 bits per heavy atom. The highest BCUT2D eigenvalue weighted by Crippen LogP contribution is 2.14. The molecule has 1 atom stereocenters. The first-order valence-corrected chi connectivity index (χ1v) is 6.65. The van der Waals surface area contributed by atoms with Gasteiger partial charge in [0.2, 0.25) is 0 Å². The third-order valence-electron chi connectivity index (χ3n) is 2.62. The summed E-state index contributed by atoms with van der Waals surface area (Å²) in [5.41, 5.74) is 0. The van der Waals surface area contributed by atoms with Crippen molar-refractivity contribution in [3.63, 3.8) is 0 Å². The van der Waals surface area contributed by atoms with Crippen LogP contribution in [0, 0.1) is 0 Å². The number of sulfonamides is 1. The monoisotopic (exact) mass is 280 g/mol. The van der Waals surface area contributed by atoms with Gasteiger partial charge in [-0.2, -0.15) is 4.31 Å². The third kappa shape index (κ3) is 2.98. The molecule has 0 aromatic carbocycles. The third-order valence-corrected chi connectivity index (χ3v) is 4.37. The predicted octanol–water partition coefficient (Wildman–Crippen LogP) is -0.176. The van der Waals surface area contributed by atoms with Crippen molar-refractivity contribution < 1.29 is 8.42 Å². The number of nitrogens with one attached hydrogen (secondary N) is 1. The van der Waals surface area contributed by atoms with Crippen LogP contribution >= 0.6 is 12.4 Å². The Morgan fingerprint density at radius 1 is 1.53 bits per heavy atom. The standard InChI is InChI=1S/C9H16N4O2S.ClH/c1-8-5-13(4-3-10-8)16(14,15)9-6-12(2)7-11-9;/h6-8,10H,3-5H2,1-2H3;1H/t8-;/m1./s1. The molecule has 2 rings (SSSR count). The molecule has 17 heavy (non-hydrogen) atoms. The average Bonchev–Trinajstić information content (AvgIpc) is 2.65. The highest BCUT2D eigenvalue weighted by atomic mass is 35.5. The molecular weight excluding hydrogens is 264 g/mol. The molecule has 0 spiro atoms. The van der Waals surface area contributed by atoms with Gasteiger partial charge in [0.05, 0.1) is 6.33 Å². The molecule has 0 aliphatic carbocycles. The van der Waals surface area contributed by atoms with E-state index in [1.54, 1.807) is 11.6 Å². The number of imidazole rings is 1. The maximum Gasteiger partial charge on any atom is 0.262 e. The van der Waals surface area contributed by atoms with Crippen molar-refractivity contribution in [2.45, 2.75) is 18.0 Å². The van der Waals surface area contributed by atoms with Crippen LogP contribution < -0.4 is 5.32 Å². The zero-order valence-electron chi connectivity index (χ0n) is 9.83. The molecule has 1 aromatic rings. The Hall–Kier alpha value is -0.630. The van der Waals surface area contributed by atoms with Crippen LogP contribution in [0.15, 0.2) is 17.6 Å². The Bertz CT molecular complexity index is 473. The van der Waals surface area contributed by atoms with Crippen molar-refractivity contribution in [2.24, 2.45) is 7.05 Å². The number of hydrogen-bond acceptors (Lipinski definition) is 4. The molecule has 0 bridgehead atoms. The van der Waals surface area contributed by atoms with Crippen molar-refractivity contribution in [3.8, 4) is 0 Å². The van der Waals surface area contributed by atoms with Crippen LogP contribution in [0.4, 0.5) is 0 Å². The van der Waals surface area contributed by atoms with Gasteiger partial charge < -0.3 is 9.88 Å². The van der Waals surface area contributed by atoms with E-state index >= 15 is 0 Å². The Kier molecular flexibility index (Phi) is 4.54. The summed E-state index contributed by atoms with van der Waals surface area (Å²) in [6.45, 7) is 3.66. The minimum Gasteiger partial charge on any atom is -0.339 e. The summed E-state index contributed by atoms with van der Waals surface area (Å²) in [6.07, 6.45) is 3.03. The molecule has 1 saturated heterocycles. The highest BCUT2D eigenvalue weighted by molar-refractivity contribution is 7.89. The van der Waals surface area contributed by atoms with E-state index in [2.05, 4.69) is 10.3 Å². The molecule has 8 heteroatoms. The lowest BCUT2D eigenvalue weighted by Crippen LogP contribution is -2.51. The van der Waals surface area contributed by atoms with E-state index < -0.39 is 10.0 Å². The molecular formula is C9H17ClN4O2S. The van der Waals surface area contributed by atoms with E-state index in [4.69, 9.17) is 0 Å². The van der Waals surface area contributed by atoms with Crippen LogP contribution in [0.3, 0.4) is 0 Å². The smallest absolute Gasteiger partial charge is 0.262 e. The summed E-state index contributed by atoms with van der Waals surface area (Å²) in [5.74, 6) is 0. The van der Waals surface area contributed by atoms with E-state index in [0.717, 1.165) is 0 Å². The molecule has 1 N–H and O–H groups in total. The number of piperazine rings is 1. The van der Waals surface area contributed by atoms with Crippen LogP contribution in [-0.4, -0.2) is 48.0 Å². The summed E-state index contributed by atoms with van der Waals surface area (Å²) >= 11 is 0. The van der Waals surface area contributed by atoms with Crippen LogP contribution in [0.25, 0.3) is 0 Å². The first-order chi connectivity index (χ1) is 7.50. The summed E-state index contributed by atoms with van der Waals surface area (Å²) < 4.78 is 27.5. The van der Waals surface area contributed by atoms with Gasteiger partial charge in [0.15, 0.2) is 5.03 Å². The van der Waals surface area contributed by atoms with Crippen molar-refractivity contribution in [1.29, 1.82) is 0 Å². The van der Waals surface area contributed by atoms with Gasteiger partial charge in [-0.25, -0.2) is 13.4 Å². The molecule has 0 amide bonds. The second-order valence-corrected chi connectivity index (χ2v) is 5.98. The normalized spacial score (nSPS) is 22.1. The van der Waals surface area contributed by atoms with Gasteiger partial charge in [-0.05, 0) is 6.92 Å². The lowest BCUT2D eigenvalue weighted by molar-refractivity contribution is 0.309. The van der Waals surface area contributed by atoms with Gasteiger partial charge in [-0.3, -0.25) is 0 Å². The van der Waals surface area contributed by atoms with Gasteiger partial charge in [0.1, 0.15) is 0 Å². The molecule has 98 valence electrons. The summed E-state index contributed by atoms with van der Waals surface area (Å²) in [5, 5.41) is 3.34. The minimum absolute atomic E-state index is 0. The first-order valence-electron chi connectivity index (χ1n) is 5.21. The average molecular weight is 281 g/mol. The van der Waals surface area contributed by atoms with Crippen LogP contribution in [0.2, 0.25) is 0 Å². The molecule has 1 aromatic heterocycles.